The van der Waals surface area contributed by atoms with Gasteiger partial charge in [0, 0.05) is 5.88 Å². The van der Waals surface area contributed by atoms with Crippen LogP contribution >= 0.6 is 11.6 Å². The molecule has 0 unspecified atom stereocenters. The third-order valence-corrected chi connectivity index (χ3v) is 1.75. The average Bonchev–Trinajstić information content (AvgIpc) is 2.12. The molecular formula is C10H9ClF2. The van der Waals surface area contributed by atoms with Crippen molar-refractivity contribution in [3.05, 3.63) is 41.5 Å². The van der Waals surface area contributed by atoms with Crippen molar-refractivity contribution in [1.29, 1.82) is 0 Å². The van der Waals surface area contributed by atoms with Crippen LogP contribution in [0.15, 0.2) is 24.3 Å². The summed E-state index contributed by atoms with van der Waals surface area (Å²) in [6.45, 7) is 0. The SMILES string of the molecule is Fc1ccc(/C=C/CCCl)cc1F. The van der Waals surface area contributed by atoms with Crippen LogP contribution in [0.4, 0.5) is 8.78 Å². The van der Waals surface area contributed by atoms with Crippen molar-refractivity contribution in [1.82, 2.24) is 0 Å². The lowest BCUT2D eigenvalue weighted by Gasteiger charge is -1.94. The topological polar surface area (TPSA) is 0 Å². The molecule has 0 heterocycles. The second kappa shape index (κ2) is 4.97. The molecule has 1 rings (SSSR count). The van der Waals surface area contributed by atoms with Gasteiger partial charge in [-0.2, -0.15) is 0 Å². The molecule has 0 radical (unpaired) electrons. The Labute approximate surface area is 80.8 Å². The Morgan fingerprint density at radius 3 is 2.62 bits per heavy atom. The Balaban J connectivity index is 2.73. The Hall–Kier alpha value is -0.890. The number of allylic oxidation sites excluding steroid dienone is 1. The first-order valence-electron chi connectivity index (χ1n) is 3.91. The molecule has 0 aliphatic carbocycles. The van der Waals surface area contributed by atoms with Gasteiger partial charge < -0.3 is 0 Å². The summed E-state index contributed by atoms with van der Waals surface area (Å²) in [5.41, 5.74) is 0.643. The highest BCUT2D eigenvalue weighted by Gasteiger charge is 1.99. The predicted molar refractivity (Wildman–Crippen MR) is 50.7 cm³/mol. The molecule has 0 nitrogen and oxygen atoms in total. The van der Waals surface area contributed by atoms with Crippen LogP contribution in [0.3, 0.4) is 0 Å². The van der Waals surface area contributed by atoms with E-state index >= 15 is 0 Å². The molecule has 0 spiro atoms. The third kappa shape index (κ3) is 3.15. The fraction of sp³-hybridized carbons (Fsp3) is 0.200. The third-order valence-electron chi connectivity index (χ3n) is 1.53. The highest BCUT2D eigenvalue weighted by atomic mass is 35.5. The van der Waals surface area contributed by atoms with Gasteiger partial charge in [-0.25, -0.2) is 8.78 Å². The van der Waals surface area contributed by atoms with Gasteiger partial charge in [0.1, 0.15) is 0 Å². The van der Waals surface area contributed by atoms with E-state index in [2.05, 4.69) is 0 Å². The van der Waals surface area contributed by atoms with Gasteiger partial charge in [-0.1, -0.05) is 18.2 Å². The molecule has 0 atom stereocenters. The van der Waals surface area contributed by atoms with Crippen LogP contribution in [-0.2, 0) is 0 Å². The first-order valence-corrected chi connectivity index (χ1v) is 4.45. The predicted octanol–water partition coefficient (Wildman–Crippen LogP) is 3.61. The Bertz CT molecular complexity index is 308. The summed E-state index contributed by atoms with van der Waals surface area (Å²) in [4.78, 5) is 0. The molecule has 0 saturated heterocycles. The van der Waals surface area contributed by atoms with Crippen molar-refractivity contribution in [2.45, 2.75) is 6.42 Å². The molecule has 0 aliphatic heterocycles. The van der Waals surface area contributed by atoms with Gasteiger partial charge in [-0.05, 0) is 24.1 Å². The summed E-state index contributed by atoms with van der Waals surface area (Å²) in [6, 6.07) is 3.78. The minimum absolute atomic E-state index is 0.528. The summed E-state index contributed by atoms with van der Waals surface area (Å²) in [6.07, 6.45) is 4.26. The van der Waals surface area contributed by atoms with E-state index in [0.717, 1.165) is 18.6 Å². The Morgan fingerprint density at radius 2 is 2.00 bits per heavy atom. The van der Waals surface area contributed by atoms with Crippen LogP contribution in [-0.4, -0.2) is 5.88 Å². The molecule has 0 fully saturated rings. The first kappa shape index (κ1) is 10.2. The van der Waals surface area contributed by atoms with Crippen molar-refractivity contribution in [3.63, 3.8) is 0 Å². The van der Waals surface area contributed by atoms with E-state index in [9.17, 15) is 8.78 Å². The maximum absolute atomic E-state index is 12.7. The zero-order chi connectivity index (χ0) is 9.68. The second-order valence-electron chi connectivity index (χ2n) is 2.55. The summed E-state index contributed by atoms with van der Waals surface area (Å²) >= 11 is 5.44. The van der Waals surface area contributed by atoms with Gasteiger partial charge in [0.15, 0.2) is 11.6 Å². The maximum atomic E-state index is 12.7. The van der Waals surface area contributed by atoms with Gasteiger partial charge in [0.05, 0.1) is 0 Å². The largest absolute Gasteiger partial charge is 0.204 e. The number of rotatable bonds is 3. The normalized spacial score (nSPS) is 11.0. The molecular weight excluding hydrogens is 194 g/mol. The van der Waals surface area contributed by atoms with Crippen molar-refractivity contribution in [3.8, 4) is 0 Å². The molecule has 0 aromatic heterocycles. The van der Waals surface area contributed by atoms with E-state index in [1.807, 2.05) is 6.08 Å². The summed E-state index contributed by atoms with van der Waals surface area (Å²) < 4.78 is 25.1. The second-order valence-corrected chi connectivity index (χ2v) is 2.93. The average molecular weight is 203 g/mol. The van der Waals surface area contributed by atoms with Gasteiger partial charge in [-0.3, -0.25) is 0 Å². The van der Waals surface area contributed by atoms with E-state index in [4.69, 9.17) is 11.6 Å². The maximum Gasteiger partial charge on any atom is 0.159 e. The zero-order valence-corrected chi connectivity index (χ0v) is 7.69. The summed E-state index contributed by atoms with van der Waals surface area (Å²) in [5.74, 6) is -1.12. The molecule has 1 aromatic rings. The van der Waals surface area contributed by atoms with Gasteiger partial charge in [0.2, 0.25) is 0 Å². The molecule has 70 valence electrons. The first-order chi connectivity index (χ1) is 6.24. The fourth-order valence-corrected chi connectivity index (χ4v) is 1.02. The van der Waals surface area contributed by atoms with Crippen molar-refractivity contribution >= 4 is 17.7 Å². The minimum atomic E-state index is -0.826. The monoisotopic (exact) mass is 202 g/mol. The van der Waals surface area contributed by atoms with Crippen LogP contribution in [0.25, 0.3) is 6.08 Å². The fourth-order valence-electron chi connectivity index (χ4n) is 0.898. The zero-order valence-electron chi connectivity index (χ0n) is 6.93. The van der Waals surface area contributed by atoms with Crippen LogP contribution in [0.2, 0.25) is 0 Å². The van der Waals surface area contributed by atoms with Crippen molar-refractivity contribution in [2.24, 2.45) is 0 Å². The quantitative estimate of drug-likeness (QED) is 0.657. The molecule has 0 N–H and O–H groups in total. The number of alkyl halides is 1. The highest BCUT2D eigenvalue weighted by Crippen LogP contribution is 2.10. The van der Waals surface area contributed by atoms with Gasteiger partial charge >= 0.3 is 0 Å². The lowest BCUT2D eigenvalue weighted by Crippen LogP contribution is -1.83. The van der Waals surface area contributed by atoms with Gasteiger partial charge in [-0.15, -0.1) is 11.6 Å². The Kier molecular flexibility index (Phi) is 3.90. The molecule has 13 heavy (non-hydrogen) atoms. The van der Waals surface area contributed by atoms with Crippen LogP contribution in [0.5, 0.6) is 0 Å². The van der Waals surface area contributed by atoms with Crippen LogP contribution in [0, 0.1) is 11.6 Å². The van der Waals surface area contributed by atoms with E-state index in [0.29, 0.717) is 11.4 Å². The molecule has 0 aliphatic rings. The van der Waals surface area contributed by atoms with E-state index < -0.39 is 11.6 Å². The Morgan fingerprint density at radius 1 is 1.23 bits per heavy atom. The van der Waals surface area contributed by atoms with E-state index in [1.165, 1.54) is 6.07 Å². The minimum Gasteiger partial charge on any atom is -0.204 e. The molecule has 0 saturated carbocycles. The number of hydrogen-bond donors (Lipinski definition) is 0. The standard InChI is InChI=1S/C10H9ClF2/c11-6-2-1-3-8-4-5-9(12)10(13)7-8/h1,3-5,7H,2,6H2/b3-1+. The van der Waals surface area contributed by atoms with Crippen LogP contribution in [0.1, 0.15) is 12.0 Å². The lowest BCUT2D eigenvalue weighted by atomic mass is 10.2. The van der Waals surface area contributed by atoms with Crippen molar-refractivity contribution in [2.75, 3.05) is 5.88 Å². The molecule has 0 amide bonds. The van der Waals surface area contributed by atoms with E-state index in [1.54, 1.807) is 6.08 Å². The van der Waals surface area contributed by atoms with Crippen LogP contribution < -0.4 is 0 Å². The number of hydrogen-bond acceptors (Lipinski definition) is 0. The number of halogens is 3. The van der Waals surface area contributed by atoms with E-state index in [-0.39, 0.29) is 0 Å². The summed E-state index contributed by atoms with van der Waals surface area (Å²) in [5, 5.41) is 0. The molecule has 3 heteroatoms. The smallest absolute Gasteiger partial charge is 0.159 e. The van der Waals surface area contributed by atoms with Crippen molar-refractivity contribution < 1.29 is 8.78 Å². The highest BCUT2D eigenvalue weighted by molar-refractivity contribution is 6.17. The molecule has 1 aromatic carbocycles. The van der Waals surface area contributed by atoms with Gasteiger partial charge in [0.25, 0.3) is 0 Å². The number of benzene rings is 1. The lowest BCUT2D eigenvalue weighted by molar-refractivity contribution is 0.508. The molecule has 0 bridgehead atoms. The summed E-state index contributed by atoms with van der Waals surface area (Å²) in [7, 11) is 0.